The highest BCUT2D eigenvalue weighted by molar-refractivity contribution is 5.05. The first-order valence-corrected chi connectivity index (χ1v) is 12.3. The molecule has 2 heterocycles. The van der Waals surface area contributed by atoms with E-state index in [2.05, 4.69) is 5.32 Å². The third-order valence-electron chi connectivity index (χ3n) is 9.90. The molecule has 6 fully saturated rings. The highest BCUT2D eigenvalue weighted by Gasteiger charge is 2.53. The minimum Gasteiger partial charge on any atom is -0.374 e. The summed E-state index contributed by atoms with van der Waals surface area (Å²) in [6, 6.07) is 1.73. The van der Waals surface area contributed by atoms with Crippen molar-refractivity contribution >= 4 is 0 Å². The topological polar surface area (TPSA) is 21.3 Å². The molecular weight excluding hydrogens is 318 g/mol. The van der Waals surface area contributed by atoms with Crippen LogP contribution in [0.25, 0.3) is 0 Å². The summed E-state index contributed by atoms with van der Waals surface area (Å²) >= 11 is 0. The van der Waals surface area contributed by atoms with Crippen LogP contribution in [-0.2, 0) is 4.74 Å². The maximum absolute atomic E-state index is 6.82. The summed E-state index contributed by atoms with van der Waals surface area (Å²) in [4.78, 5) is 0. The van der Waals surface area contributed by atoms with Crippen molar-refractivity contribution in [2.24, 2.45) is 35.5 Å². The van der Waals surface area contributed by atoms with Crippen LogP contribution < -0.4 is 5.32 Å². The van der Waals surface area contributed by atoms with Crippen molar-refractivity contribution in [1.82, 2.24) is 5.32 Å². The van der Waals surface area contributed by atoms with Gasteiger partial charge >= 0.3 is 0 Å². The monoisotopic (exact) mass is 357 g/mol. The van der Waals surface area contributed by atoms with Crippen molar-refractivity contribution in [3.63, 3.8) is 0 Å². The molecule has 4 aliphatic carbocycles. The molecule has 2 aliphatic heterocycles. The zero-order valence-electron chi connectivity index (χ0n) is 16.6. The molecule has 0 spiro atoms. The van der Waals surface area contributed by atoms with Gasteiger partial charge in [0, 0.05) is 12.1 Å². The molecule has 146 valence electrons. The summed E-state index contributed by atoms with van der Waals surface area (Å²) in [7, 11) is 0. The first-order chi connectivity index (χ1) is 12.9. The molecule has 4 saturated carbocycles. The largest absolute Gasteiger partial charge is 0.374 e. The van der Waals surface area contributed by atoms with Crippen LogP contribution in [0.1, 0.15) is 89.9 Å². The number of rotatable bonds is 1. The van der Waals surface area contributed by atoms with Gasteiger partial charge in [-0.15, -0.1) is 0 Å². The Morgan fingerprint density at radius 2 is 1.27 bits per heavy atom. The first kappa shape index (κ1) is 16.8. The van der Waals surface area contributed by atoms with E-state index in [9.17, 15) is 0 Å². The third-order valence-corrected chi connectivity index (χ3v) is 9.90. The Hall–Kier alpha value is -0.0800. The van der Waals surface area contributed by atoms with Gasteiger partial charge < -0.3 is 10.1 Å². The Bertz CT molecular complexity index is 520. The van der Waals surface area contributed by atoms with Gasteiger partial charge in [0.25, 0.3) is 0 Å². The molecule has 0 aromatic carbocycles. The number of ether oxygens (including phenoxy) is 1. The maximum Gasteiger partial charge on any atom is 0.0641 e. The van der Waals surface area contributed by atoms with Crippen molar-refractivity contribution in [3.05, 3.63) is 0 Å². The highest BCUT2D eigenvalue weighted by atomic mass is 16.5. The van der Waals surface area contributed by atoms with Gasteiger partial charge in [-0.1, -0.05) is 32.1 Å². The van der Waals surface area contributed by atoms with Crippen LogP contribution in [0.15, 0.2) is 0 Å². The molecule has 0 aromatic rings. The molecule has 2 saturated heterocycles. The minimum atomic E-state index is 0.641. The fourth-order valence-corrected chi connectivity index (χ4v) is 8.86. The van der Waals surface area contributed by atoms with E-state index < -0.39 is 0 Å². The van der Waals surface area contributed by atoms with E-state index in [4.69, 9.17) is 4.74 Å². The molecule has 6 aliphatic rings. The summed E-state index contributed by atoms with van der Waals surface area (Å²) in [6.45, 7) is 0. The standard InChI is InChI=1S/C24H39NO/c1-3-10-21-17(6-1)18-13-12-15(14-22(18)25-21)16-8-5-9-20-19-7-2-4-11-23(19)26-24(16)20/h15-25H,1-14H2. The van der Waals surface area contributed by atoms with Gasteiger partial charge in [-0.3, -0.25) is 0 Å². The molecule has 0 aromatic heterocycles. The molecule has 10 unspecified atom stereocenters. The van der Waals surface area contributed by atoms with E-state index in [0.29, 0.717) is 12.2 Å². The van der Waals surface area contributed by atoms with Crippen molar-refractivity contribution in [2.45, 2.75) is 114 Å². The van der Waals surface area contributed by atoms with Crippen molar-refractivity contribution in [1.29, 1.82) is 0 Å². The Balaban J connectivity index is 1.17. The van der Waals surface area contributed by atoms with Gasteiger partial charge in [0.2, 0.25) is 0 Å². The lowest BCUT2D eigenvalue weighted by molar-refractivity contribution is -0.0503. The molecule has 10 atom stereocenters. The lowest BCUT2D eigenvalue weighted by Crippen LogP contribution is -2.43. The molecule has 2 heteroatoms. The van der Waals surface area contributed by atoms with Gasteiger partial charge in [-0.25, -0.2) is 0 Å². The van der Waals surface area contributed by atoms with Crippen LogP contribution in [0, 0.1) is 35.5 Å². The van der Waals surface area contributed by atoms with E-state index in [1.165, 1.54) is 89.9 Å². The molecule has 0 amide bonds. The van der Waals surface area contributed by atoms with Crippen molar-refractivity contribution in [3.8, 4) is 0 Å². The van der Waals surface area contributed by atoms with E-state index in [0.717, 1.165) is 47.6 Å². The summed E-state index contributed by atoms with van der Waals surface area (Å²) in [5.41, 5.74) is 0. The normalized spacial score (nSPS) is 56.3. The summed E-state index contributed by atoms with van der Waals surface area (Å²) in [5.74, 6) is 5.75. The molecule has 0 radical (unpaired) electrons. The van der Waals surface area contributed by atoms with Crippen LogP contribution >= 0.6 is 0 Å². The SMILES string of the molecule is C1CCC2C(C1)NC1CC(C3CCCC4C5CCCCC5OC34)CCC12. The summed E-state index contributed by atoms with van der Waals surface area (Å²) in [6.07, 6.45) is 21.9. The Morgan fingerprint density at radius 3 is 2.23 bits per heavy atom. The van der Waals surface area contributed by atoms with Crippen LogP contribution in [0.3, 0.4) is 0 Å². The predicted octanol–water partition coefficient (Wildman–Crippen LogP) is 5.31. The summed E-state index contributed by atoms with van der Waals surface area (Å²) in [5, 5.41) is 4.13. The molecule has 6 rings (SSSR count). The van der Waals surface area contributed by atoms with E-state index in [1.54, 1.807) is 0 Å². The van der Waals surface area contributed by atoms with Gasteiger partial charge in [0.1, 0.15) is 0 Å². The molecular formula is C24H39NO. The van der Waals surface area contributed by atoms with Crippen LogP contribution in [0.2, 0.25) is 0 Å². The Labute approximate surface area is 160 Å². The van der Waals surface area contributed by atoms with E-state index in [1.807, 2.05) is 0 Å². The van der Waals surface area contributed by atoms with E-state index >= 15 is 0 Å². The second-order valence-corrected chi connectivity index (χ2v) is 10.9. The van der Waals surface area contributed by atoms with Gasteiger partial charge in [0.05, 0.1) is 12.2 Å². The fraction of sp³-hybridized carbons (Fsp3) is 1.00. The van der Waals surface area contributed by atoms with Crippen molar-refractivity contribution < 1.29 is 4.74 Å². The highest BCUT2D eigenvalue weighted by Crippen LogP contribution is 2.54. The Morgan fingerprint density at radius 1 is 0.538 bits per heavy atom. The molecule has 26 heavy (non-hydrogen) atoms. The quantitative estimate of drug-likeness (QED) is 0.687. The third kappa shape index (κ3) is 2.65. The number of nitrogens with one attached hydrogen (secondary N) is 1. The number of hydrogen-bond acceptors (Lipinski definition) is 2. The first-order valence-electron chi connectivity index (χ1n) is 12.3. The lowest BCUT2D eigenvalue weighted by atomic mass is 9.62. The zero-order chi connectivity index (χ0) is 17.1. The smallest absolute Gasteiger partial charge is 0.0641 e. The average Bonchev–Trinajstić information content (AvgIpc) is 3.25. The second kappa shape index (κ2) is 6.76. The molecule has 1 N–H and O–H groups in total. The zero-order valence-corrected chi connectivity index (χ0v) is 16.6. The average molecular weight is 358 g/mol. The summed E-state index contributed by atoms with van der Waals surface area (Å²) < 4.78 is 6.82. The van der Waals surface area contributed by atoms with Crippen molar-refractivity contribution in [2.75, 3.05) is 0 Å². The predicted molar refractivity (Wildman–Crippen MR) is 105 cm³/mol. The number of hydrogen-bond donors (Lipinski definition) is 1. The lowest BCUT2D eigenvalue weighted by Gasteiger charge is -2.43. The maximum atomic E-state index is 6.82. The second-order valence-electron chi connectivity index (χ2n) is 10.9. The molecule has 2 nitrogen and oxygen atoms in total. The van der Waals surface area contributed by atoms with Gasteiger partial charge in [0.15, 0.2) is 0 Å². The molecule has 0 bridgehead atoms. The van der Waals surface area contributed by atoms with Crippen LogP contribution in [0.5, 0.6) is 0 Å². The number of fused-ring (bicyclic) bond motifs is 6. The van der Waals surface area contributed by atoms with Gasteiger partial charge in [-0.2, -0.15) is 0 Å². The van der Waals surface area contributed by atoms with Gasteiger partial charge in [-0.05, 0) is 93.3 Å². The van der Waals surface area contributed by atoms with Crippen LogP contribution in [0.4, 0.5) is 0 Å². The fourth-order valence-electron chi connectivity index (χ4n) is 8.86. The van der Waals surface area contributed by atoms with E-state index in [-0.39, 0.29) is 0 Å². The Kier molecular flexibility index (Phi) is 4.38. The van der Waals surface area contributed by atoms with Crippen LogP contribution in [-0.4, -0.2) is 24.3 Å². The minimum absolute atomic E-state index is 0.641.